The summed E-state index contributed by atoms with van der Waals surface area (Å²) in [7, 11) is 0. The molecular weight excluding hydrogens is 278 g/mol. The third kappa shape index (κ3) is 4.52. The summed E-state index contributed by atoms with van der Waals surface area (Å²) < 4.78 is 10.9. The molecule has 0 atom stereocenters. The molecule has 0 aliphatic rings. The van der Waals surface area contributed by atoms with Gasteiger partial charge in [-0.15, -0.1) is 0 Å². The number of ether oxygens (including phenoxy) is 1. The van der Waals surface area contributed by atoms with Gasteiger partial charge in [-0.25, -0.2) is 0 Å². The lowest BCUT2D eigenvalue weighted by atomic mass is 10.2. The fraction of sp³-hybridized carbons (Fsp3) is 0.278. The van der Waals surface area contributed by atoms with Gasteiger partial charge >= 0.3 is 0 Å². The van der Waals surface area contributed by atoms with Gasteiger partial charge in [-0.1, -0.05) is 6.92 Å². The van der Waals surface area contributed by atoms with E-state index in [0.29, 0.717) is 12.4 Å². The van der Waals surface area contributed by atoms with Gasteiger partial charge in [0.05, 0.1) is 6.61 Å². The Bertz CT molecular complexity index is 671. The van der Waals surface area contributed by atoms with Crippen molar-refractivity contribution in [2.24, 2.45) is 0 Å². The molecule has 2 aromatic rings. The van der Waals surface area contributed by atoms with E-state index in [4.69, 9.17) is 9.15 Å². The van der Waals surface area contributed by atoms with E-state index in [1.54, 1.807) is 6.08 Å². The van der Waals surface area contributed by atoms with Crippen molar-refractivity contribution in [2.75, 3.05) is 11.9 Å². The summed E-state index contributed by atoms with van der Waals surface area (Å²) in [4.78, 5) is 11.9. The molecule has 4 nitrogen and oxygen atoms in total. The highest BCUT2D eigenvalue weighted by molar-refractivity contribution is 6.02. The summed E-state index contributed by atoms with van der Waals surface area (Å²) in [6.45, 7) is 6.56. The fourth-order valence-corrected chi connectivity index (χ4v) is 1.96. The van der Waals surface area contributed by atoms with Crippen molar-refractivity contribution in [3.63, 3.8) is 0 Å². The van der Waals surface area contributed by atoms with Crippen LogP contribution in [0.5, 0.6) is 5.75 Å². The number of rotatable bonds is 6. The second-order valence-corrected chi connectivity index (χ2v) is 5.10. The lowest BCUT2D eigenvalue weighted by Gasteiger charge is -2.10. The Balaban J connectivity index is 1.97. The van der Waals surface area contributed by atoms with Gasteiger partial charge in [0, 0.05) is 11.8 Å². The zero-order chi connectivity index (χ0) is 15.9. The Morgan fingerprint density at radius 1 is 1.27 bits per heavy atom. The average molecular weight is 299 g/mol. The smallest absolute Gasteiger partial charge is 0.248 e. The Hall–Kier alpha value is -2.49. The maximum Gasteiger partial charge on any atom is 0.248 e. The van der Waals surface area contributed by atoms with Crippen molar-refractivity contribution < 1.29 is 13.9 Å². The molecule has 0 unspecified atom stereocenters. The van der Waals surface area contributed by atoms with Crippen molar-refractivity contribution in [3.05, 3.63) is 53.5 Å². The molecule has 4 heteroatoms. The van der Waals surface area contributed by atoms with Gasteiger partial charge in [-0.3, -0.25) is 4.79 Å². The first-order chi connectivity index (χ1) is 10.6. The van der Waals surface area contributed by atoms with E-state index in [9.17, 15) is 4.79 Å². The molecule has 1 N–H and O–H groups in total. The summed E-state index contributed by atoms with van der Waals surface area (Å²) in [5.41, 5.74) is 1.73. The van der Waals surface area contributed by atoms with E-state index in [0.717, 1.165) is 29.2 Å². The quantitative estimate of drug-likeness (QED) is 0.807. The Kier molecular flexibility index (Phi) is 5.42. The molecule has 0 spiro atoms. The Morgan fingerprint density at radius 2 is 2.09 bits per heavy atom. The van der Waals surface area contributed by atoms with Crippen LogP contribution in [-0.2, 0) is 4.79 Å². The SMILES string of the molecule is CCCOc1ccc(NC(=O)C=Cc2ccc(C)o2)c(C)c1. The van der Waals surface area contributed by atoms with Gasteiger partial charge in [0.15, 0.2) is 0 Å². The normalized spacial score (nSPS) is 10.9. The van der Waals surface area contributed by atoms with Gasteiger partial charge in [0.1, 0.15) is 17.3 Å². The topological polar surface area (TPSA) is 51.5 Å². The second-order valence-electron chi connectivity index (χ2n) is 5.10. The molecular formula is C18H21NO3. The lowest BCUT2D eigenvalue weighted by Crippen LogP contribution is -2.09. The highest BCUT2D eigenvalue weighted by Gasteiger charge is 2.04. The maximum atomic E-state index is 11.9. The van der Waals surface area contributed by atoms with Crippen molar-refractivity contribution in [1.29, 1.82) is 0 Å². The van der Waals surface area contributed by atoms with Crippen LogP contribution in [0.4, 0.5) is 5.69 Å². The molecule has 0 bridgehead atoms. The fourth-order valence-electron chi connectivity index (χ4n) is 1.96. The van der Waals surface area contributed by atoms with Gasteiger partial charge in [0.25, 0.3) is 0 Å². The maximum absolute atomic E-state index is 11.9. The third-order valence-corrected chi connectivity index (χ3v) is 3.09. The summed E-state index contributed by atoms with van der Waals surface area (Å²) in [5.74, 6) is 2.10. The molecule has 1 aromatic carbocycles. The second kappa shape index (κ2) is 7.50. The number of amides is 1. The van der Waals surface area contributed by atoms with Gasteiger partial charge in [-0.2, -0.15) is 0 Å². The van der Waals surface area contributed by atoms with E-state index in [1.165, 1.54) is 6.08 Å². The van der Waals surface area contributed by atoms with E-state index in [-0.39, 0.29) is 5.91 Å². The van der Waals surface area contributed by atoms with Crippen molar-refractivity contribution in [2.45, 2.75) is 27.2 Å². The van der Waals surface area contributed by atoms with Crippen LogP contribution in [0, 0.1) is 13.8 Å². The largest absolute Gasteiger partial charge is 0.494 e. The van der Waals surface area contributed by atoms with E-state index < -0.39 is 0 Å². The molecule has 0 saturated heterocycles. The van der Waals surface area contributed by atoms with E-state index >= 15 is 0 Å². The first-order valence-electron chi connectivity index (χ1n) is 7.37. The molecule has 1 amide bonds. The van der Waals surface area contributed by atoms with Crippen molar-refractivity contribution in [3.8, 4) is 5.75 Å². The molecule has 116 valence electrons. The number of hydrogen-bond donors (Lipinski definition) is 1. The summed E-state index contributed by atoms with van der Waals surface area (Å²) >= 11 is 0. The zero-order valence-corrected chi connectivity index (χ0v) is 13.2. The van der Waals surface area contributed by atoms with Crippen LogP contribution in [0.3, 0.4) is 0 Å². The number of carbonyl (C=O) groups is 1. The van der Waals surface area contributed by atoms with Crippen LogP contribution in [0.1, 0.15) is 30.4 Å². The van der Waals surface area contributed by atoms with E-state index in [1.807, 2.05) is 44.2 Å². The minimum absolute atomic E-state index is 0.195. The standard InChI is InChI=1S/C18H21NO3/c1-4-11-21-16-7-9-17(13(2)12-16)19-18(20)10-8-15-6-5-14(3)22-15/h5-10,12H,4,11H2,1-3H3,(H,19,20). The van der Waals surface area contributed by atoms with Gasteiger partial charge in [-0.05, 0) is 62.2 Å². The van der Waals surface area contributed by atoms with E-state index in [2.05, 4.69) is 12.2 Å². The summed E-state index contributed by atoms with van der Waals surface area (Å²) in [5, 5.41) is 2.85. The number of benzene rings is 1. The predicted octanol–water partition coefficient (Wildman–Crippen LogP) is 4.34. The predicted molar refractivity (Wildman–Crippen MR) is 88.1 cm³/mol. The monoisotopic (exact) mass is 299 g/mol. The first kappa shape index (κ1) is 15.9. The van der Waals surface area contributed by atoms with Crippen LogP contribution in [0.25, 0.3) is 6.08 Å². The zero-order valence-electron chi connectivity index (χ0n) is 13.2. The molecule has 0 radical (unpaired) electrons. The number of nitrogens with one attached hydrogen (secondary N) is 1. The van der Waals surface area contributed by atoms with Crippen LogP contribution >= 0.6 is 0 Å². The molecule has 22 heavy (non-hydrogen) atoms. The number of anilines is 1. The third-order valence-electron chi connectivity index (χ3n) is 3.09. The van der Waals surface area contributed by atoms with Crippen LogP contribution in [0.15, 0.2) is 40.8 Å². The van der Waals surface area contributed by atoms with Crippen molar-refractivity contribution in [1.82, 2.24) is 0 Å². The van der Waals surface area contributed by atoms with Crippen LogP contribution in [-0.4, -0.2) is 12.5 Å². The highest BCUT2D eigenvalue weighted by atomic mass is 16.5. The molecule has 2 rings (SSSR count). The molecule has 1 heterocycles. The van der Waals surface area contributed by atoms with Crippen LogP contribution < -0.4 is 10.1 Å². The van der Waals surface area contributed by atoms with Crippen molar-refractivity contribution >= 4 is 17.7 Å². The number of carbonyl (C=O) groups excluding carboxylic acids is 1. The summed E-state index contributed by atoms with van der Waals surface area (Å²) in [6.07, 6.45) is 4.07. The van der Waals surface area contributed by atoms with Gasteiger partial charge < -0.3 is 14.5 Å². The minimum Gasteiger partial charge on any atom is -0.494 e. The van der Waals surface area contributed by atoms with Crippen LogP contribution in [0.2, 0.25) is 0 Å². The molecule has 0 fully saturated rings. The Labute approximate surface area is 130 Å². The molecule has 0 saturated carbocycles. The number of furan rings is 1. The minimum atomic E-state index is -0.195. The molecule has 1 aromatic heterocycles. The lowest BCUT2D eigenvalue weighted by molar-refractivity contribution is -0.111. The number of hydrogen-bond acceptors (Lipinski definition) is 3. The molecule has 0 aliphatic carbocycles. The Morgan fingerprint density at radius 3 is 2.73 bits per heavy atom. The first-order valence-corrected chi connectivity index (χ1v) is 7.37. The number of aryl methyl sites for hydroxylation is 2. The molecule has 0 aliphatic heterocycles. The summed E-state index contributed by atoms with van der Waals surface area (Å²) in [6, 6.07) is 9.31. The van der Waals surface area contributed by atoms with Gasteiger partial charge in [0.2, 0.25) is 5.91 Å². The average Bonchev–Trinajstić information content (AvgIpc) is 2.91. The highest BCUT2D eigenvalue weighted by Crippen LogP contribution is 2.21.